The maximum absolute atomic E-state index is 12.5. The number of carbonyl (C=O) groups is 2. The van der Waals surface area contributed by atoms with Crippen LogP contribution in [0.25, 0.3) is 0 Å². The van der Waals surface area contributed by atoms with E-state index in [1.165, 1.54) is 6.26 Å². The van der Waals surface area contributed by atoms with E-state index in [1.54, 1.807) is 12.1 Å². The number of aliphatic imine (C=N–C) groups is 1. The number of benzene rings is 1. The van der Waals surface area contributed by atoms with Gasteiger partial charge in [-0.1, -0.05) is 25.5 Å². The molecule has 1 aliphatic heterocycles. The number of guanidine groups is 1. The van der Waals surface area contributed by atoms with Gasteiger partial charge in [-0.05, 0) is 43.2 Å². The Morgan fingerprint density at radius 1 is 1.00 bits per heavy atom. The van der Waals surface area contributed by atoms with E-state index in [-0.39, 0.29) is 35.8 Å². The lowest BCUT2D eigenvalue weighted by Crippen LogP contribution is -2.53. The van der Waals surface area contributed by atoms with Crippen molar-refractivity contribution in [3.63, 3.8) is 0 Å². The maximum atomic E-state index is 12.5. The van der Waals surface area contributed by atoms with Crippen LogP contribution in [0.1, 0.15) is 53.2 Å². The van der Waals surface area contributed by atoms with E-state index in [0.29, 0.717) is 50.6 Å². The summed E-state index contributed by atoms with van der Waals surface area (Å²) >= 11 is 0. The summed E-state index contributed by atoms with van der Waals surface area (Å²) in [6.45, 7) is 8.77. The maximum Gasteiger partial charge on any atom is 0.289 e. The predicted octanol–water partition coefficient (Wildman–Crippen LogP) is 3.35. The van der Waals surface area contributed by atoms with Gasteiger partial charge in [0.15, 0.2) is 11.7 Å². The average Bonchev–Trinajstić information content (AvgIpc) is 3.37. The molecule has 1 aliphatic rings. The number of hydrogen-bond donors (Lipinski definition) is 2. The highest BCUT2D eigenvalue weighted by Gasteiger charge is 2.25. The molecule has 180 valence electrons. The molecule has 2 heterocycles. The van der Waals surface area contributed by atoms with Crippen molar-refractivity contribution < 1.29 is 14.0 Å². The van der Waals surface area contributed by atoms with Crippen molar-refractivity contribution in [1.29, 1.82) is 0 Å². The van der Waals surface area contributed by atoms with Crippen molar-refractivity contribution in [1.82, 2.24) is 20.4 Å². The molecule has 8 nitrogen and oxygen atoms in total. The molecule has 3 rings (SSSR count). The number of rotatable bonds is 8. The Kier molecular flexibility index (Phi) is 11.2. The molecule has 2 amide bonds. The normalized spacial score (nSPS) is 13.9. The fraction of sp³-hybridized carbons (Fsp3) is 0.458. The third-order valence-electron chi connectivity index (χ3n) is 5.38. The minimum Gasteiger partial charge on any atom is -0.459 e. The molecule has 0 unspecified atom stereocenters. The molecule has 1 aromatic carbocycles. The average molecular weight is 567 g/mol. The number of hydrogen-bond acceptors (Lipinski definition) is 4. The lowest BCUT2D eigenvalue weighted by molar-refractivity contribution is 0.0657. The minimum atomic E-state index is -0.0737. The molecule has 1 saturated heterocycles. The van der Waals surface area contributed by atoms with Crippen LogP contribution >= 0.6 is 24.0 Å². The Labute approximate surface area is 212 Å². The van der Waals surface area contributed by atoms with Crippen molar-refractivity contribution in [3.05, 3.63) is 59.5 Å². The van der Waals surface area contributed by atoms with E-state index in [1.807, 2.05) is 36.1 Å². The van der Waals surface area contributed by atoms with Gasteiger partial charge in [0.25, 0.3) is 11.8 Å². The van der Waals surface area contributed by atoms with Gasteiger partial charge in [-0.25, -0.2) is 4.99 Å². The quantitative estimate of drug-likeness (QED) is 0.221. The zero-order valence-electron chi connectivity index (χ0n) is 19.4. The number of carbonyl (C=O) groups excluding carboxylic acids is 2. The summed E-state index contributed by atoms with van der Waals surface area (Å²) in [6.07, 6.45) is 3.56. The van der Waals surface area contributed by atoms with Gasteiger partial charge in [0.05, 0.1) is 12.8 Å². The summed E-state index contributed by atoms with van der Waals surface area (Å²) in [5.41, 5.74) is 1.70. The van der Waals surface area contributed by atoms with E-state index in [9.17, 15) is 9.59 Å². The van der Waals surface area contributed by atoms with Gasteiger partial charge in [-0.15, -0.1) is 24.0 Å². The lowest BCUT2D eigenvalue weighted by atomic mass is 10.1. The molecule has 0 aliphatic carbocycles. The first-order valence-electron chi connectivity index (χ1n) is 11.4. The smallest absolute Gasteiger partial charge is 0.289 e. The van der Waals surface area contributed by atoms with Crippen molar-refractivity contribution in [2.45, 2.75) is 33.2 Å². The number of unbranched alkanes of at least 4 members (excludes halogenated alkanes) is 1. The van der Waals surface area contributed by atoms with E-state index in [0.717, 1.165) is 30.9 Å². The summed E-state index contributed by atoms with van der Waals surface area (Å²) in [4.78, 5) is 33.4. The predicted molar refractivity (Wildman–Crippen MR) is 140 cm³/mol. The summed E-state index contributed by atoms with van der Waals surface area (Å²) < 4.78 is 5.23. The Hall–Kier alpha value is -2.56. The molecule has 2 aromatic rings. The zero-order chi connectivity index (χ0) is 22.8. The number of amides is 2. The molecule has 1 fully saturated rings. The van der Waals surface area contributed by atoms with Gasteiger partial charge < -0.3 is 24.9 Å². The van der Waals surface area contributed by atoms with E-state index >= 15 is 0 Å². The highest BCUT2D eigenvalue weighted by atomic mass is 127. The largest absolute Gasteiger partial charge is 0.459 e. The fourth-order valence-electron chi connectivity index (χ4n) is 3.51. The topological polar surface area (TPSA) is 90.2 Å². The first-order valence-corrected chi connectivity index (χ1v) is 11.4. The van der Waals surface area contributed by atoms with Crippen LogP contribution in [-0.4, -0.2) is 66.8 Å². The molecule has 0 bridgehead atoms. The zero-order valence-corrected chi connectivity index (χ0v) is 21.7. The summed E-state index contributed by atoms with van der Waals surface area (Å²) in [5.74, 6) is 1.10. The molecule has 0 atom stereocenters. The molecule has 2 N–H and O–H groups in total. The Morgan fingerprint density at radius 2 is 1.70 bits per heavy atom. The van der Waals surface area contributed by atoms with E-state index in [4.69, 9.17) is 9.41 Å². The molecule has 0 saturated carbocycles. The van der Waals surface area contributed by atoms with Crippen LogP contribution < -0.4 is 10.6 Å². The molecule has 1 aromatic heterocycles. The van der Waals surface area contributed by atoms with E-state index < -0.39 is 0 Å². The number of piperazine rings is 1. The molecular weight excluding hydrogens is 533 g/mol. The van der Waals surface area contributed by atoms with Crippen LogP contribution in [0.4, 0.5) is 0 Å². The van der Waals surface area contributed by atoms with Gasteiger partial charge in [0.2, 0.25) is 0 Å². The lowest BCUT2D eigenvalue weighted by Gasteiger charge is -2.36. The van der Waals surface area contributed by atoms with Crippen LogP contribution in [0.2, 0.25) is 0 Å². The first-order chi connectivity index (χ1) is 15.6. The molecule has 9 heteroatoms. The SMILES string of the molecule is CCCCNC(=O)c1ccc(CN=C(NCC)N2CCN(C(=O)c3ccco3)CC2)cc1.I. The van der Waals surface area contributed by atoms with Crippen LogP contribution in [0.15, 0.2) is 52.1 Å². The summed E-state index contributed by atoms with van der Waals surface area (Å²) in [6, 6.07) is 11.0. The van der Waals surface area contributed by atoms with Gasteiger partial charge >= 0.3 is 0 Å². The van der Waals surface area contributed by atoms with Crippen LogP contribution in [0, 0.1) is 0 Å². The highest BCUT2D eigenvalue weighted by molar-refractivity contribution is 14.0. The van der Waals surface area contributed by atoms with Gasteiger partial charge in [0, 0.05) is 44.8 Å². The summed E-state index contributed by atoms with van der Waals surface area (Å²) in [7, 11) is 0. The molecule has 33 heavy (non-hydrogen) atoms. The second-order valence-corrected chi connectivity index (χ2v) is 7.73. The van der Waals surface area contributed by atoms with Gasteiger partial charge in [-0.3, -0.25) is 9.59 Å². The number of furan rings is 1. The monoisotopic (exact) mass is 567 g/mol. The Bertz CT molecular complexity index is 891. The van der Waals surface area contributed by atoms with Gasteiger partial charge in [-0.2, -0.15) is 0 Å². The van der Waals surface area contributed by atoms with E-state index in [2.05, 4.69) is 22.5 Å². The number of nitrogens with one attached hydrogen (secondary N) is 2. The van der Waals surface area contributed by atoms with Crippen molar-refractivity contribution in [2.75, 3.05) is 39.3 Å². The standard InChI is InChI=1S/C24H33N5O3.HI/c1-3-5-12-26-22(30)20-10-8-19(9-11-20)18-27-24(25-4-2)29-15-13-28(14-16-29)23(31)21-7-6-17-32-21;/h6-11,17H,3-5,12-16,18H2,1-2H3,(H,25,27)(H,26,30);1H. The van der Waals surface area contributed by atoms with Crippen LogP contribution in [-0.2, 0) is 6.54 Å². The molecule has 0 radical (unpaired) electrons. The van der Waals surface area contributed by atoms with Crippen molar-refractivity contribution in [2.24, 2.45) is 4.99 Å². The van der Waals surface area contributed by atoms with Crippen LogP contribution in [0.3, 0.4) is 0 Å². The molecular formula is C24H34IN5O3. The van der Waals surface area contributed by atoms with Gasteiger partial charge in [0.1, 0.15) is 0 Å². The summed E-state index contributed by atoms with van der Waals surface area (Å²) in [5, 5.41) is 6.27. The van der Waals surface area contributed by atoms with Crippen molar-refractivity contribution in [3.8, 4) is 0 Å². The first kappa shape index (κ1) is 26.7. The molecule has 0 spiro atoms. The minimum absolute atomic E-state index is 0. The number of nitrogens with zero attached hydrogens (tertiary/aromatic N) is 3. The number of halogens is 1. The second-order valence-electron chi connectivity index (χ2n) is 7.73. The third-order valence-corrected chi connectivity index (χ3v) is 5.38. The fourth-order valence-corrected chi connectivity index (χ4v) is 3.51. The second kappa shape index (κ2) is 13.9. The third kappa shape index (κ3) is 7.76. The van der Waals surface area contributed by atoms with Crippen LogP contribution in [0.5, 0.6) is 0 Å². The Balaban J connectivity index is 0.00000385. The highest BCUT2D eigenvalue weighted by Crippen LogP contribution is 2.11. The van der Waals surface area contributed by atoms with Crippen molar-refractivity contribution >= 4 is 41.8 Å². The Morgan fingerprint density at radius 3 is 2.30 bits per heavy atom.